The molecule has 1 aromatic rings. The maximum atomic E-state index is 4.48. The van der Waals surface area contributed by atoms with Crippen molar-refractivity contribution in [3.05, 3.63) is 30.1 Å². The van der Waals surface area contributed by atoms with Crippen LogP contribution in [0.5, 0.6) is 0 Å². The Morgan fingerprint density at radius 3 is 3.06 bits per heavy atom. The molecule has 3 nitrogen and oxygen atoms in total. The predicted octanol–water partition coefficient (Wildman–Crippen LogP) is 1.83. The van der Waals surface area contributed by atoms with Crippen LogP contribution in [0.3, 0.4) is 0 Å². The molecule has 17 heavy (non-hydrogen) atoms. The van der Waals surface area contributed by atoms with Gasteiger partial charge in [-0.15, -0.1) is 0 Å². The molecule has 2 unspecified atom stereocenters. The molecule has 92 valence electrons. The number of likely N-dealkylation sites (tertiary alicyclic amines) is 1. The Bertz CT molecular complexity index is 370. The summed E-state index contributed by atoms with van der Waals surface area (Å²) in [6.07, 6.45) is 4.59. The summed E-state index contributed by atoms with van der Waals surface area (Å²) in [6, 6.07) is 6.67. The van der Waals surface area contributed by atoms with Crippen molar-refractivity contribution >= 4 is 0 Å². The van der Waals surface area contributed by atoms with Crippen molar-refractivity contribution in [2.45, 2.75) is 25.8 Å². The standard InChI is InChI=1S/C14H21N3/c1-12(13-4-2-3-7-16-13)17-9-6-14(11-17)5-8-15-10-14/h2-4,7,12,15H,5-6,8-11H2,1H3. The fourth-order valence-electron chi connectivity index (χ4n) is 3.25. The molecule has 2 fully saturated rings. The molecule has 3 rings (SSSR count). The molecule has 2 atom stereocenters. The van der Waals surface area contributed by atoms with Crippen molar-refractivity contribution < 1.29 is 0 Å². The first-order valence-electron chi connectivity index (χ1n) is 6.65. The average Bonchev–Trinajstić information content (AvgIpc) is 3.01. The number of hydrogen-bond donors (Lipinski definition) is 1. The minimum absolute atomic E-state index is 0.455. The van der Waals surface area contributed by atoms with Crippen LogP contribution in [0.2, 0.25) is 0 Å². The number of hydrogen-bond acceptors (Lipinski definition) is 3. The molecule has 0 aromatic carbocycles. The van der Waals surface area contributed by atoms with Gasteiger partial charge in [-0.2, -0.15) is 0 Å². The number of aromatic nitrogens is 1. The van der Waals surface area contributed by atoms with E-state index in [2.05, 4.69) is 34.3 Å². The second kappa shape index (κ2) is 4.39. The van der Waals surface area contributed by atoms with E-state index in [1.165, 1.54) is 44.7 Å². The molecule has 0 bridgehead atoms. The molecule has 0 saturated carbocycles. The first kappa shape index (κ1) is 11.2. The Kier molecular flexibility index (Phi) is 2.89. The SMILES string of the molecule is CC(c1ccccn1)N1CCC2(CCNC2)C1. The highest BCUT2D eigenvalue weighted by molar-refractivity contribution is 5.09. The number of nitrogens with zero attached hydrogens (tertiary/aromatic N) is 2. The Labute approximate surface area is 103 Å². The Balaban J connectivity index is 1.70. The zero-order valence-corrected chi connectivity index (χ0v) is 10.5. The quantitative estimate of drug-likeness (QED) is 0.841. The minimum Gasteiger partial charge on any atom is -0.316 e. The normalized spacial score (nSPS) is 31.1. The second-order valence-corrected chi connectivity index (χ2v) is 5.58. The van der Waals surface area contributed by atoms with Crippen LogP contribution in [0, 0.1) is 5.41 Å². The molecular weight excluding hydrogens is 210 g/mol. The Hall–Kier alpha value is -0.930. The van der Waals surface area contributed by atoms with Gasteiger partial charge in [-0.05, 0) is 50.4 Å². The van der Waals surface area contributed by atoms with Gasteiger partial charge in [0.25, 0.3) is 0 Å². The third kappa shape index (κ3) is 2.09. The van der Waals surface area contributed by atoms with Gasteiger partial charge in [0, 0.05) is 25.3 Å². The first-order valence-corrected chi connectivity index (χ1v) is 6.65. The summed E-state index contributed by atoms with van der Waals surface area (Å²) in [7, 11) is 0. The van der Waals surface area contributed by atoms with E-state index in [1.54, 1.807) is 0 Å². The lowest BCUT2D eigenvalue weighted by atomic mass is 9.86. The monoisotopic (exact) mass is 231 g/mol. The van der Waals surface area contributed by atoms with Gasteiger partial charge in [0.05, 0.1) is 5.69 Å². The van der Waals surface area contributed by atoms with Gasteiger partial charge in [-0.1, -0.05) is 6.07 Å². The topological polar surface area (TPSA) is 28.2 Å². The molecular formula is C14H21N3. The van der Waals surface area contributed by atoms with Gasteiger partial charge in [-0.25, -0.2) is 0 Å². The van der Waals surface area contributed by atoms with E-state index in [0.29, 0.717) is 11.5 Å². The summed E-state index contributed by atoms with van der Waals surface area (Å²) in [5.41, 5.74) is 1.76. The van der Waals surface area contributed by atoms with E-state index < -0.39 is 0 Å². The van der Waals surface area contributed by atoms with E-state index in [0.717, 1.165) is 0 Å². The van der Waals surface area contributed by atoms with Crippen LogP contribution in [0.1, 0.15) is 31.5 Å². The van der Waals surface area contributed by atoms with Crippen LogP contribution in [-0.4, -0.2) is 36.1 Å². The highest BCUT2D eigenvalue weighted by Gasteiger charge is 2.41. The highest BCUT2D eigenvalue weighted by Crippen LogP contribution is 2.39. The molecule has 0 amide bonds. The van der Waals surface area contributed by atoms with Crippen molar-refractivity contribution in [3.8, 4) is 0 Å². The Morgan fingerprint density at radius 2 is 2.35 bits per heavy atom. The maximum Gasteiger partial charge on any atom is 0.0572 e. The molecule has 1 N–H and O–H groups in total. The third-order valence-corrected chi connectivity index (χ3v) is 4.46. The maximum absolute atomic E-state index is 4.48. The number of pyridine rings is 1. The van der Waals surface area contributed by atoms with Gasteiger partial charge in [-0.3, -0.25) is 9.88 Å². The van der Waals surface area contributed by atoms with Gasteiger partial charge in [0.2, 0.25) is 0 Å². The van der Waals surface area contributed by atoms with Gasteiger partial charge < -0.3 is 5.32 Å². The van der Waals surface area contributed by atoms with Crippen LogP contribution >= 0.6 is 0 Å². The van der Waals surface area contributed by atoms with Gasteiger partial charge >= 0.3 is 0 Å². The Morgan fingerprint density at radius 1 is 1.41 bits per heavy atom. The van der Waals surface area contributed by atoms with Crippen molar-refractivity contribution in [2.75, 3.05) is 26.2 Å². The molecule has 2 aliphatic rings. The van der Waals surface area contributed by atoms with Crippen LogP contribution in [-0.2, 0) is 0 Å². The first-order chi connectivity index (χ1) is 8.29. The number of nitrogens with one attached hydrogen (secondary N) is 1. The number of rotatable bonds is 2. The predicted molar refractivity (Wildman–Crippen MR) is 68.8 cm³/mol. The molecule has 3 heterocycles. The third-order valence-electron chi connectivity index (χ3n) is 4.46. The lowest BCUT2D eigenvalue weighted by Crippen LogP contribution is -2.31. The van der Waals surface area contributed by atoms with E-state index >= 15 is 0 Å². The van der Waals surface area contributed by atoms with Crippen molar-refractivity contribution in [3.63, 3.8) is 0 Å². The lowest BCUT2D eigenvalue weighted by molar-refractivity contribution is 0.220. The molecule has 1 aromatic heterocycles. The molecule has 3 heteroatoms. The molecule has 0 radical (unpaired) electrons. The van der Waals surface area contributed by atoms with Crippen LogP contribution < -0.4 is 5.32 Å². The van der Waals surface area contributed by atoms with E-state index in [9.17, 15) is 0 Å². The summed E-state index contributed by atoms with van der Waals surface area (Å²) >= 11 is 0. The summed E-state index contributed by atoms with van der Waals surface area (Å²) in [4.78, 5) is 7.07. The lowest BCUT2D eigenvalue weighted by Gasteiger charge is -2.27. The zero-order valence-electron chi connectivity index (χ0n) is 10.5. The molecule has 2 saturated heterocycles. The van der Waals surface area contributed by atoms with Crippen LogP contribution in [0.25, 0.3) is 0 Å². The van der Waals surface area contributed by atoms with E-state index in [-0.39, 0.29) is 0 Å². The second-order valence-electron chi connectivity index (χ2n) is 5.58. The van der Waals surface area contributed by atoms with Crippen LogP contribution in [0.15, 0.2) is 24.4 Å². The summed E-state index contributed by atoms with van der Waals surface area (Å²) < 4.78 is 0. The fourth-order valence-corrected chi connectivity index (χ4v) is 3.25. The van der Waals surface area contributed by atoms with E-state index in [1.807, 2.05) is 12.3 Å². The van der Waals surface area contributed by atoms with E-state index in [4.69, 9.17) is 0 Å². The molecule has 2 aliphatic heterocycles. The summed E-state index contributed by atoms with van der Waals surface area (Å²) in [5, 5.41) is 3.51. The molecule has 1 spiro atoms. The zero-order chi connectivity index (χ0) is 11.7. The van der Waals surface area contributed by atoms with Gasteiger partial charge in [0.1, 0.15) is 0 Å². The molecule has 0 aliphatic carbocycles. The van der Waals surface area contributed by atoms with Gasteiger partial charge in [0.15, 0.2) is 0 Å². The fraction of sp³-hybridized carbons (Fsp3) is 0.643. The summed E-state index contributed by atoms with van der Waals surface area (Å²) in [5.74, 6) is 0. The van der Waals surface area contributed by atoms with Crippen LogP contribution in [0.4, 0.5) is 0 Å². The highest BCUT2D eigenvalue weighted by atomic mass is 15.2. The largest absolute Gasteiger partial charge is 0.316 e. The van der Waals surface area contributed by atoms with Crippen molar-refractivity contribution in [1.29, 1.82) is 0 Å². The minimum atomic E-state index is 0.455. The van der Waals surface area contributed by atoms with Crippen molar-refractivity contribution in [2.24, 2.45) is 5.41 Å². The summed E-state index contributed by atoms with van der Waals surface area (Å²) in [6.45, 7) is 7.14. The average molecular weight is 231 g/mol. The van der Waals surface area contributed by atoms with Crippen molar-refractivity contribution in [1.82, 2.24) is 15.2 Å². The smallest absolute Gasteiger partial charge is 0.0572 e.